The van der Waals surface area contributed by atoms with Gasteiger partial charge in [0.05, 0.1) is 17.9 Å². The highest BCUT2D eigenvalue weighted by Gasteiger charge is 2.28. The number of likely N-dealkylation sites (tertiary alicyclic amines) is 1. The van der Waals surface area contributed by atoms with Crippen LogP contribution in [0.5, 0.6) is 0 Å². The maximum atomic E-state index is 12.8. The van der Waals surface area contributed by atoms with Crippen LogP contribution in [0.1, 0.15) is 42.3 Å². The highest BCUT2D eigenvalue weighted by molar-refractivity contribution is 7.09. The van der Waals surface area contributed by atoms with Gasteiger partial charge >= 0.3 is 0 Å². The highest BCUT2D eigenvalue weighted by Crippen LogP contribution is 2.30. The van der Waals surface area contributed by atoms with Gasteiger partial charge in [-0.25, -0.2) is 9.50 Å². The van der Waals surface area contributed by atoms with E-state index in [2.05, 4.69) is 16.5 Å². The van der Waals surface area contributed by atoms with Crippen LogP contribution in [0.3, 0.4) is 0 Å². The molecule has 3 aromatic heterocycles. The van der Waals surface area contributed by atoms with Gasteiger partial charge in [0.1, 0.15) is 0 Å². The molecule has 0 aliphatic carbocycles. The molecule has 1 aliphatic heterocycles. The van der Waals surface area contributed by atoms with Crippen LogP contribution in [-0.4, -0.2) is 31.9 Å². The third kappa shape index (κ3) is 3.06. The van der Waals surface area contributed by atoms with Crippen molar-refractivity contribution in [3.63, 3.8) is 0 Å². The summed E-state index contributed by atoms with van der Waals surface area (Å²) >= 11 is 1.72. The van der Waals surface area contributed by atoms with Crippen molar-refractivity contribution in [3.8, 4) is 0 Å². The van der Waals surface area contributed by atoms with Gasteiger partial charge < -0.3 is 4.90 Å². The van der Waals surface area contributed by atoms with E-state index in [1.807, 2.05) is 29.3 Å². The van der Waals surface area contributed by atoms with Gasteiger partial charge in [-0.2, -0.15) is 5.10 Å². The molecule has 0 saturated carbocycles. The van der Waals surface area contributed by atoms with Crippen LogP contribution >= 0.6 is 11.3 Å². The number of hydrogen-bond acceptors (Lipinski definition) is 4. The van der Waals surface area contributed by atoms with E-state index < -0.39 is 0 Å². The second-order valence-corrected chi connectivity index (χ2v) is 7.20. The predicted octanol–water partition coefficient (Wildman–Crippen LogP) is 3.48. The van der Waals surface area contributed by atoms with Crippen LogP contribution in [0.15, 0.2) is 42.0 Å². The summed E-state index contributed by atoms with van der Waals surface area (Å²) in [6.07, 6.45) is 8.29. The quantitative estimate of drug-likeness (QED) is 0.731. The first-order valence-corrected chi connectivity index (χ1v) is 9.31. The number of hydrogen-bond donors (Lipinski definition) is 0. The van der Waals surface area contributed by atoms with Gasteiger partial charge in [0, 0.05) is 30.1 Å². The molecule has 1 aliphatic rings. The maximum absolute atomic E-state index is 12.8. The van der Waals surface area contributed by atoms with E-state index in [0.29, 0.717) is 6.42 Å². The van der Waals surface area contributed by atoms with Crippen LogP contribution in [0, 0.1) is 0 Å². The predicted molar refractivity (Wildman–Crippen MR) is 93.9 cm³/mol. The van der Waals surface area contributed by atoms with Crippen molar-refractivity contribution in [3.05, 3.63) is 52.6 Å². The van der Waals surface area contributed by atoms with Gasteiger partial charge in [-0.05, 0) is 43.2 Å². The Morgan fingerprint density at radius 3 is 3.12 bits per heavy atom. The molecule has 0 bridgehead atoms. The van der Waals surface area contributed by atoms with Crippen LogP contribution in [0.2, 0.25) is 0 Å². The van der Waals surface area contributed by atoms with Crippen molar-refractivity contribution in [2.75, 3.05) is 6.54 Å². The summed E-state index contributed by atoms with van der Waals surface area (Å²) in [4.78, 5) is 20.8. The summed E-state index contributed by atoms with van der Waals surface area (Å²) in [5, 5.41) is 6.26. The average molecular weight is 340 g/mol. The Labute approximate surface area is 144 Å². The molecule has 1 atom stereocenters. The molecule has 24 heavy (non-hydrogen) atoms. The van der Waals surface area contributed by atoms with Crippen molar-refractivity contribution in [2.24, 2.45) is 0 Å². The molecule has 6 heteroatoms. The van der Waals surface area contributed by atoms with E-state index in [1.165, 1.54) is 4.88 Å². The number of piperidine rings is 1. The second-order valence-electron chi connectivity index (χ2n) is 6.16. The zero-order valence-electron chi connectivity index (χ0n) is 13.5. The summed E-state index contributed by atoms with van der Waals surface area (Å²) in [6.45, 7) is 0.833. The highest BCUT2D eigenvalue weighted by atomic mass is 32.1. The molecular formula is C18H20N4OS. The van der Waals surface area contributed by atoms with Crippen molar-refractivity contribution in [1.82, 2.24) is 19.5 Å². The molecule has 124 valence electrons. The largest absolute Gasteiger partial charge is 0.334 e. The van der Waals surface area contributed by atoms with E-state index >= 15 is 0 Å². The molecule has 1 saturated heterocycles. The molecule has 1 fully saturated rings. The minimum Gasteiger partial charge on any atom is -0.334 e. The Morgan fingerprint density at radius 2 is 2.25 bits per heavy atom. The molecule has 0 radical (unpaired) electrons. The average Bonchev–Trinajstić information content (AvgIpc) is 3.30. The van der Waals surface area contributed by atoms with Crippen LogP contribution in [0.4, 0.5) is 0 Å². The Kier molecular flexibility index (Phi) is 4.30. The van der Waals surface area contributed by atoms with E-state index in [4.69, 9.17) is 4.98 Å². The number of rotatable bonds is 4. The molecule has 5 nitrogen and oxygen atoms in total. The lowest BCUT2D eigenvalue weighted by Gasteiger charge is -2.35. The van der Waals surface area contributed by atoms with E-state index in [0.717, 1.165) is 43.6 Å². The lowest BCUT2D eigenvalue weighted by atomic mass is 9.98. The number of aromatic nitrogens is 3. The van der Waals surface area contributed by atoms with Crippen molar-refractivity contribution in [1.29, 1.82) is 0 Å². The Bertz CT molecular complexity index is 827. The first-order chi connectivity index (χ1) is 11.8. The molecule has 4 heterocycles. The number of carbonyl (C=O) groups excluding carboxylic acids is 1. The Morgan fingerprint density at radius 1 is 1.29 bits per heavy atom. The van der Waals surface area contributed by atoms with Crippen LogP contribution < -0.4 is 0 Å². The lowest BCUT2D eigenvalue weighted by Crippen LogP contribution is -2.39. The zero-order chi connectivity index (χ0) is 16.4. The molecule has 3 aromatic rings. The topological polar surface area (TPSA) is 50.5 Å². The van der Waals surface area contributed by atoms with Gasteiger partial charge in [0.25, 0.3) is 0 Å². The normalized spacial score (nSPS) is 18.2. The smallest absolute Gasteiger partial charge is 0.223 e. The molecule has 0 aromatic carbocycles. The monoisotopic (exact) mass is 340 g/mol. The van der Waals surface area contributed by atoms with Crippen molar-refractivity contribution >= 4 is 22.9 Å². The Hall–Kier alpha value is -2.21. The zero-order valence-corrected chi connectivity index (χ0v) is 14.3. The van der Waals surface area contributed by atoms with Gasteiger partial charge in [-0.3, -0.25) is 4.79 Å². The first-order valence-electron chi connectivity index (χ1n) is 8.43. The van der Waals surface area contributed by atoms with Crippen molar-refractivity contribution in [2.45, 2.75) is 38.1 Å². The molecule has 0 spiro atoms. The second kappa shape index (κ2) is 6.73. The van der Waals surface area contributed by atoms with Crippen LogP contribution in [-0.2, 0) is 11.2 Å². The maximum Gasteiger partial charge on any atom is 0.223 e. The first kappa shape index (κ1) is 15.3. The van der Waals surface area contributed by atoms with Gasteiger partial charge in [-0.1, -0.05) is 6.07 Å². The standard InChI is InChI=1S/C18H20N4OS/c23-18(7-6-14-4-3-13-24-14)21-11-2-1-5-16(21)15-9-12-22-17(20-15)8-10-19-22/h3-4,8-10,12-13,16H,1-2,5-7,11H2/t16-/m1/s1. The molecule has 4 rings (SSSR count). The third-order valence-electron chi connectivity index (χ3n) is 4.61. The number of fused-ring (bicyclic) bond motifs is 1. The van der Waals surface area contributed by atoms with Crippen LogP contribution in [0.25, 0.3) is 5.65 Å². The SMILES string of the molecule is O=C(CCc1cccs1)N1CCCC[C@@H]1c1ccn2nccc2n1. The number of amides is 1. The fourth-order valence-corrected chi connectivity index (χ4v) is 4.09. The summed E-state index contributed by atoms with van der Waals surface area (Å²) in [5.41, 5.74) is 1.82. The fourth-order valence-electron chi connectivity index (χ4n) is 3.38. The number of aryl methyl sites for hydroxylation is 1. The third-order valence-corrected chi connectivity index (χ3v) is 5.55. The number of thiophene rings is 1. The van der Waals surface area contributed by atoms with E-state index in [-0.39, 0.29) is 11.9 Å². The lowest BCUT2D eigenvalue weighted by molar-refractivity contribution is -0.135. The Balaban J connectivity index is 1.52. The summed E-state index contributed by atoms with van der Waals surface area (Å²) in [5.74, 6) is 0.239. The molecule has 1 amide bonds. The van der Waals surface area contributed by atoms with Gasteiger partial charge in [0.2, 0.25) is 5.91 Å². The summed E-state index contributed by atoms with van der Waals surface area (Å²) in [6, 6.07) is 8.12. The summed E-state index contributed by atoms with van der Waals surface area (Å²) < 4.78 is 1.76. The molecule has 0 unspecified atom stereocenters. The van der Waals surface area contributed by atoms with E-state index in [1.54, 1.807) is 22.0 Å². The minimum atomic E-state index is 0.0921. The molecule has 0 N–H and O–H groups in total. The fraction of sp³-hybridized carbons (Fsp3) is 0.389. The van der Waals surface area contributed by atoms with Gasteiger partial charge in [-0.15, -0.1) is 11.3 Å². The van der Waals surface area contributed by atoms with Crippen molar-refractivity contribution < 1.29 is 4.79 Å². The van der Waals surface area contributed by atoms with E-state index in [9.17, 15) is 4.79 Å². The minimum absolute atomic E-state index is 0.0921. The molecular weight excluding hydrogens is 320 g/mol. The number of carbonyl (C=O) groups is 1. The summed E-state index contributed by atoms with van der Waals surface area (Å²) in [7, 11) is 0. The van der Waals surface area contributed by atoms with Gasteiger partial charge in [0.15, 0.2) is 5.65 Å². The number of nitrogens with zero attached hydrogens (tertiary/aromatic N) is 4.